The Bertz CT molecular complexity index is 1710. The molecule has 280 valence electrons. The fraction of sp³-hybridized carbons (Fsp3) is 0.385. The number of ether oxygens (including phenoxy) is 6. The van der Waals surface area contributed by atoms with Crippen molar-refractivity contribution in [1.82, 2.24) is 0 Å². The molecule has 0 N–H and O–H groups in total. The van der Waals surface area contributed by atoms with E-state index in [1.807, 2.05) is 12.1 Å². The molecule has 8 rings (SSSR count). The molecule has 0 spiro atoms. The number of hydrogen-bond donors (Lipinski definition) is 0. The molecule has 0 aromatic heterocycles. The van der Waals surface area contributed by atoms with Gasteiger partial charge < -0.3 is 38.2 Å². The zero-order chi connectivity index (χ0) is 36.8. The summed E-state index contributed by atoms with van der Waals surface area (Å²) in [6.45, 7) is 5.29. The number of nitrogens with zero attached hydrogens (tertiary/aromatic N) is 2. The van der Waals surface area contributed by atoms with E-state index in [0.29, 0.717) is 64.1 Å². The number of benzene rings is 4. The summed E-state index contributed by atoms with van der Waals surface area (Å²) in [7, 11) is 0. The van der Waals surface area contributed by atoms with Crippen LogP contribution in [0.1, 0.15) is 11.1 Å². The minimum atomic E-state index is -5.75. The van der Waals surface area contributed by atoms with Gasteiger partial charge in [0.25, 0.3) is 0 Å². The maximum atomic E-state index is 14.9. The number of rotatable bonds is 16. The quantitative estimate of drug-likeness (QED) is 0.0849. The standard InChI is InChI=1S/C39H36F6N2O6/c40-38(41,42)37(39(43,44)45,25-7-11-29(12-8-25)52-31-5-1-3-27(15-31)46(17-33-21-48-33)18-34-22-49-34)26-9-13-30(14-10-26)53-32-6-2-4-28(16-32)47(19-35-23-50-35)20-36-24-51-36/h1-16,33-36H,17-24H2. The van der Waals surface area contributed by atoms with Crippen LogP contribution in [0.4, 0.5) is 37.7 Å². The van der Waals surface area contributed by atoms with E-state index < -0.39 is 28.9 Å². The van der Waals surface area contributed by atoms with Crippen LogP contribution in [0, 0.1) is 0 Å². The lowest BCUT2D eigenvalue weighted by Gasteiger charge is -2.38. The number of alkyl halides is 6. The van der Waals surface area contributed by atoms with Crippen LogP contribution in [0.15, 0.2) is 97.1 Å². The molecule has 8 nitrogen and oxygen atoms in total. The van der Waals surface area contributed by atoms with Gasteiger partial charge in [0.15, 0.2) is 0 Å². The fourth-order valence-corrected chi connectivity index (χ4v) is 6.54. The molecule has 0 radical (unpaired) electrons. The Morgan fingerprint density at radius 2 is 0.792 bits per heavy atom. The summed E-state index contributed by atoms with van der Waals surface area (Å²) < 4.78 is 123. The van der Waals surface area contributed by atoms with Crippen LogP contribution >= 0.6 is 0 Å². The van der Waals surface area contributed by atoms with Gasteiger partial charge in [-0.3, -0.25) is 0 Å². The molecule has 0 aliphatic carbocycles. The van der Waals surface area contributed by atoms with Crippen LogP contribution in [0.3, 0.4) is 0 Å². The minimum absolute atomic E-state index is 0.0746. The van der Waals surface area contributed by atoms with Crippen molar-refractivity contribution in [1.29, 1.82) is 0 Å². The normalized spacial score (nSPS) is 21.8. The molecule has 4 unspecified atom stereocenters. The SMILES string of the molecule is FC(F)(F)C(c1ccc(Oc2cccc(N(CC3CO3)CC3CO3)c2)cc1)(c1ccc(Oc2cccc(N(CC3CO3)CC3CO3)c2)cc1)C(F)(F)F. The first kappa shape index (κ1) is 35.5. The average molecular weight is 743 g/mol. The van der Waals surface area contributed by atoms with E-state index in [9.17, 15) is 26.3 Å². The fourth-order valence-electron chi connectivity index (χ4n) is 6.54. The molecule has 14 heteroatoms. The van der Waals surface area contributed by atoms with Crippen molar-refractivity contribution in [2.24, 2.45) is 0 Å². The van der Waals surface area contributed by atoms with Gasteiger partial charge in [0.1, 0.15) is 23.0 Å². The monoisotopic (exact) mass is 742 g/mol. The molecule has 0 bridgehead atoms. The Balaban J connectivity index is 1.02. The summed E-state index contributed by atoms with van der Waals surface area (Å²) in [5.74, 6) is 0.889. The minimum Gasteiger partial charge on any atom is -0.457 e. The van der Waals surface area contributed by atoms with Gasteiger partial charge in [-0.2, -0.15) is 26.3 Å². The van der Waals surface area contributed by atoms with Crippen molar-refractivity contribution in [3.05, 3.63) is 108 Å². The van der Waals surface area contributed by atoms with Crippen LogP contribution in [0.5, 0.6) is 23.0 Å². The van der Waals surface area contributed by atoms with E-state index >= 15 is 0 Å². The van der Waals surface area contributed by atoms with Crippen molar-refractivity contribution >= 4 is 11.4 Å². The molecule has 4 fully saturated rings. The Morgan fingerprint density at radius 3 is 1.08 bits per heavy atom. The topological polar surface area (TPSA) is 75.1 Å². The van der Waals surface area contributed by atoms with E-state index in [2.05, 4.69) is 9.80 Å². The highest BCUT2D eigenvalue weighted by Crippen LogP contribution is 2.56. The molecule has 4 aliphatic heterocycles. The lowest BCUT2D eigenvalue weighted by Crippen LogP contribution is -2.54. The number of anilines is 2. The summed E-state index contributed by atoms with van der Waals surface area (Å²) in [5.41, 5.74) is -4.68. The summed E-state index contributed by atoms with van der Waals surface area (Å²) in [5, 5.41) is 0. The van der Waals surface area contributed by atoms with Gasteiger partial charge in [0.2, 0.25) is 5.41 Å². The molecule has 4 aliphatic rings. The summed E-state index contributed by atoms with van der Waals surface area (Å²) in [6, 6.07) is 21.8. The van der Waals surface area contributed by atoms with Gasteiger partial charge >= 0.3 is 12.4 Å². The van der Waals surface area contributed by atoms with E-state index in [1.54, 1.807) is 36.4 Å². The third-order valence-corrected chi connectivity index (χ3v) is 9.57. The van der Waals surface area contributed by atoms with Crippen LogP contribution in [0.2, 0.25) is 0 Å². The van der Waals surface area contributed by atoms with Crippen LogP contribution in [0.25, 0.3) is 0 Å². The lowest BCUT2D eigenvalue weighted by atomic mass is 9.73. The van der Waals surface area contributed by atoms with Gasteiger partial charge in [0, 0.05) is 49.7 Å². The van der Waals surface area contributed by atoms with Crippen molar-refractivity contribution < 1.29 is 54.8 Å². The smallest absolute Gasteiger partial charge is 0.411 e. The highest BCUT2D eigenvalue weighted by molar-refractivity contribution is 5.54. The average Bonchev–Trinajstić information content (AvgIpc) is 3.92. The van der Waals surface area contributed by atoms with Gasteiger partial charge in [0.05, 0.1) is 50.8 Å². The van der Waals surface area contributed by atoms with E-state index in [4.69, 9.17) is 28.4 Å². The highest BCUT2D eigenvalue weighted by atomic mass is 19.4. The Kier molecular flexibility index (Phi) is 9.42. The number of hydrogen-bond acceptors (Lipinski definition) is 8. The van der Waals surface area contributed by atoms with Crippen molar-refractivity contribution in [2.45, 2.75) is 42.2 Å². The van der Waals surface area contributed by atoms with Gasteiger partial charge in [-0.1, -0.05) is 36.4 Å². The first-order chi connectivity index (χ1) is 25.4. The molecule has 0 saturated carbocycles. The first-order valence-corrected chi connectivity index (χ1v) is 17.3. The van der Waals surface area contributed by atoms with E-state index in [1.165, 1.54) is 0 Å². The maximum Gasteiger partial charge on any atom is 0.411 e. The largest absolute Gasteiger partial charge is 0.457 e. The molecular formula is C39H36F6N2O6. The second-order valence-electron chi connectivity index (χ2n) is 13.6. The van der Waals surface area contributed by atoms with Crippen LogP contribution in [-0.2, 0) is 24.4 Å². The van der Waals surface area contributed by atoms with Gasteiger partial charge in [-0.25, -0.2) is 0 Å². The Hall–Kier alpha value is -4.50. The van der Waals surface area contributed by atoms with Crippen molar-refractivity contribution in [2.75, 3.05) is 62.4 Å². The molecule has 4 aromatic carbocycles. The lowest BCUT2D eigenvalue weighted by molar-refractivity contribution is -0.288. The molecule has 4 saturated heterocycles. The van der Waals surface area contributed by atoms with E-state index in [-0.39, 0.29) is 35.9 Å². The van der Waals surface area contributed by atoms with Gasteiger partial charge in [-0.05, 0) is 59.7 Å². The predicted molar refractivity (Wildman–Crippen MR) is 182 cm³/mol. The zero-order valence-electron chi connectivity index (χ0n) is 28.3. The van der Waals surface area contributed by atoms with Crippen molar-refractivity contribution in [3.8, 4) is 23.0 Å². The predicted octanol–water partition coefficient (Wildman–Crippen LogP) is 7.89. The summed E-state index contributed by atoms with van der Waals surface area (Å²) in [6.07, 6.45) is -11.0. The highest BCUT2D eigenvalue weighted by Gasteiger charge is 2.72. The summed E-state index contributed by atoms with van der Waals surface area (Å²) >= 11 is 0. The summed E-state index contributed by atoms with van der Waals surface area (Å²) in [4.78, 5) is 4.20. The molecular weight excluding hydrogens is 706 g/mol. The molecule has 4 atom stereocenters. The maximum absolute atomic E-state index is 14.9. The Labute approximate surface area is 301 Å². The zero-order valence-corrected chi connectivity index (χ0v) is 28.3. The van der Waals surface area contributed by atoms with Crippen molar-refractivity contribution in [3.63, 3.8) is 0 Å². The molecule has 4 aromatic rings. The van der Waals surface area contributed by atoms with E-state index in [0.717, 1.165) is 59.9 Å². The molecule has 53 heavy (non-hydrogen) atoms. The molecule has 4 heterocycles. The first-order valence-electron chi connectivity index (χ1n) is 17.3. The second-order valence-corrected chi connectivity index (χ2v) is 13.6. The number of halogens is 6. The van der Waals surface area contributed by atoms with Gasteiger partial charge in [-0.15, -0.1) is 0 Å². The Morgan fingerprint density at radius 1 is 0.472 bits per heavy atom. The second kappa shape index (κ2) is 14.0. The van der Waals surface area contributed by atoms with Crippen LogP contribution in [-0.4, -0.2) is 89.4 Å². The number of epoxide rings is 4. The van der Waals surface area contributed by atoms with Crippen LogP contribution < -0.4 is 19.3 Å². The molecule has 0 amide bonds. The third kappa shape index (κ3) is 8.20. The third-order valence-electron chi connectivity index (χ3n) is 9.57.